The standard InChI is InChI=1S/C31H25N3O3/c35-29(27(21-11-3-1-4-12-21)22-13-5-2-6-14-22)32-19-23-18-26(32)28-30(36)34(31(37)33(23)28)25-17-9-15-20-10-7-8-16-24(20)25/h1-17,23,26-28H,18-19H2/t23-,26?,28-/m1/s1. The van der Waals surface area contributed by atoms with Crippen molar-refractivity contribution >= 4 is 34.3 Å². The van der Waals surface area contributed by atoms with Crippen LogP contribution in [0.25, 0.3) is 10.8 Å². The third-order valence-corrected chi connectivity index (χ3v) is 8.07. The maximum atomic E-state index is 14.1. The first-order chi connectivity index (χ1) is 18.1. The summed E-state index contributed by atoms with van der Waals surface area (Å²) >= 11 is 0. The molecule has 3 atom stereocenters. The molecule has 182 valence electrons. The molecule has 0 saturated carbocycles. The average Bonchev–Trinajstić information content (AvgIpc) is 3.61. The van der Waals surface area contributed by atoms with Gasteiger partial charge in [-0.2, -0.15) is 0 Å². The number of amides is 4. The molecule has 6 nitrogen and oxygen atoms in total. The summed E-state index contributed by atoms with van der Waals surface area (Å²) in [7, 11) is 0. The van der Waals surface area contributed by atoms with Crippen LogP contribution in [0.1, 0.15) is 23.5 Å². The van der Waals surface area contributed by atoms with Gasteiger partial charge in [0.1, 0.15) is 6.04 Å². The minimum atomic E-state index is -0.652. The van der Waals surface area contributed by atoms with Crippen LogP contribution < -0.4 is 4.90 Å². The number of carbonyl (C=O) groups excluding carboxylic acids is 3. The maximum absolute atomic E-state index is 14.1. The average molecular weight is 488 g/mol. The molecule has 3 aliphatic rings. The van der Waals surface area contributed by atoms with E-state index in [0.29, 0.717) is 18.7 Å². The Morgan fingerprint density at radius 1 is 0.757 bits per heavy atom. The van der Waals surface area contributed by atoms with Gasteiger partial charge < -0.3 is 9.80 Å². The van der Waals surface area contributed by atoms with E-state index in [2.05, 4.69) is 0 Å². The summed E-state index contributed by atoms with van der Waals surface area (Å²) in [5.74, 6) is -0.729. The van der Waals surface area contributed by atoms with Crippen molar-refractivity contribution in [3.05, 3.63) is 114 Å². The van der Waals surface area contributed by atoms with Crippen LogP contribution in [0.4, 0.5) is 10.5 Å². The van der Waals surface area contributed by atoms with Gasteiger partial charge in [-0.1, -0.05) is 97.1 Å². The number of piperazine rings is 1. The molecule has 6 heteroatoms. The SMILES string of the molecule is O=C1[C@H]2C3C[C@H](CN3C(=O)C(c3ccccc3)c3ccccc3)N2C(=O)N1c1cccc2ccccc12. The Balaban J connectivity index is 1.24. The van der Waals surface area contributed by atoms with Crippen LogP contribution in [0.2, 0.25) is 0 Å². The topological polar surface area (TPSA) is 60.9 Å². The number of hydrogen-bond acceptors (Lipinski definition) is 3. The third-order valence-electron chi connectivity index (χ3n) is 8.07. The van der Waals surface area contributed by atoms with Gasteiger partial charge in [-0.05, 0) is 29.0 Å². The fraction of sp³-hybridized carbons (Fsp3) is 0.194. The van der Waals surface area contributed by atoms with Gasteiger partial charge in [-0.3, -0.25) is 9.59 Å². The number of hydrogen-bond donors (Lipinski definition) is 0. The van der Waals surface area contributed by atoms with Gasteiger partial charge >= 0.3 is 6.03 Å². The number of imide groups is 1. The Morgan fingerprint density at radius 3 is 2.08 bits per heavy atom. The highest BCUT2D eigenvalue weighted by molar-refractivity contribution is 6.25. The summed E-state index contributed by atoms with van der Waals surface area (Å²) in [5, 5.41) is 1.84. The van der Waals surface area contributed by atoms with Crippen molar-refractivity contribution < 1.29 is 14.4 Å². The highest BCUT2D eigenvalue weighted by Crippen LogP contribution is 2.44. The smallest absolute Gasteiger partial charge is 0.332 e. The Bertz CT molecular complexity index is 1490. The van der Waals surface area contributed by atoms with E-state index in [1.54, 1.807) is 4.90 Å². The number of benzene rings is 4. The van der Waals surface area contributed by atoms with Crippen LogP contribution in [0.3, 0.4) is 0 Å². The van der Waals surface area contributed by atoms with Crippen LogP contribution >= 0.6 is 0 Å². The monoisotopic (exact) mass is 487 g/mol. The number of anilines is 1. The molecule has 3 fully saturated rings. The lowest BCUT2D eigenvalue weighted by molar-refractivity contribution is -0.136. The zero-order chi connectivity index (χ0) is 25.1. The van der Waals surface area contributed by atoms with Gasteiger partial charge in [0, 0.05) is 11.9 Å². The van der Waals surface area contributed by atoms with Crippen molar-refractivity contribution in [3.63, 3.8) is 0 Å². The largest absolute Gasteiger partial charge is 0.334 e. The van der Waals surface area contributed by atoms with Crippen molar-refractivity contribution in [2.75, 3.05) is 11.4 Å². The van der Waals surface area contributed by atoms with E-state index < -0.39 is 12.0 Å². The molecule has 3 saturated heterocycles. The van der Waals surface area contributed by atoms with E-state index in [4.69, 9.17) is 0 Å². The van der Waals surface area contributed by atoms with Crippen LogP contribution in [-0.2, 0) is 9.59 Å². The lowest BCUT2D eigenvalue weighted by Gasteiger charge is -2.37. The van der Waals surface area contributed by atoms with Crippen LogP contribution in [0.5, 0.6) is 0 Å². The second kappa shape index (κ2) is 8.30. The molecule has 0 aliphatic carbocycles. The summed E-state index contributed by atoms with van der Waals surface area (Å²) < 4.78 is 0. The molecule has 4 aromatic rings. The first-order valence-electron chi connectivity index (χ1n) is 12.7. The second-order valence-corrected chi connectivity index (χ2v) is 10.0. The van der Waals surface area contributed by atoms with Crippen molar-refractivity contribution in [3.8, 4) is 0 Å². The fourth-order valence-electron chi connectivity index (χ4n) is 6.47. The highest BCUT2D eigenvalue weighted by Gasteiger charge is 2.63. The maximum Gasteiger partial charge on any atom is 0.332 e. The first-order valence-corrected chi connectivity index (χ1v) is 12.7. The number of likely N-dealkylation sites (tertiary alicyclic amines) is 1. The molecule has 0 spiro atoms. The Morgan fingerprint density at radius 2 is 1.38 bits per heavy atom. The van der Waals surface area contributed by atoms with Crippen molar-refractivity contribution in [2.24, 2.45) is 0 Å². The molecular weight excluding hydrogens is 462 g/mol. The van der Waals surface area contributed by atoms with Crippen LogP contribution in [0, 0.1) is 0 Å². The van der Waals surface area contributed by atoms with E-state index in [9.17, 15) is 14.4 Å². The van der Waals surface area contributed by atoms with E-state index >= 15 is 0 Å². The summed E-state index contributed by atoms with van der Waals surface area (Å²) in [4.78, 5) is 46.5. The normalized spacial score (nSPS) is 22.4. The van der Waals surface area contributed by atoms with Gasteiger partial charge in [0.25, 0.3) is 5.91 Å². The van der Waals surface area contributed by atoms with Gasteiger partial charge in [-0.25, -0.2) is 9.69 Å². The predicted molar refractivity (Wildman–Crippen MR) is 141 cm³/mol. The minimum absolute atomic E-state index is 0.0200. The molecule has 3 aliphatic heterocycles. The predicted octanol–water partition coefficient (Wildman–Crippen LogP) is 4.79. The zero-order valence-electron chi connectivity index (χ0n) is 20.1. The lowest BCUT2D eigenvalue weighted by Crippen LogP contribution is -2.55. The number of fused-ring (bicyclic) bond motifs is 6. The van der Waals surface area contributed by atoms with Gasteiger partial charge in [0.2, 0.25) is 5.91 Å². The first kappa shape index (κ1) is 21.8. The highest BCUT2D eigenvalue weighted by atomic mass is 16.2. The van der Waals surface area contributed by atoms with Gasteiger partial charge in [0.15, 0.2) is 0 Å². The summed E-state index contributed by atoms with van der Waals surface area (Å²) in [6, 6.07) is 31.6. The van der Waals surface area contributed by atoms with Gasteiger partial charge in [0.05, 0.1) is 23.7 Å². The van der Waals surface area contributed by atoms with Crippen LogP contribution in [0.15, 0.2) is 103 Å². The van der Waals surface area contributed by atoms with E-state index in [1.807, 2.05) is 108 Å². The summed E-state index contributed by atoms with van der Waals surface area (Å²) in [6.07, 6.45) is 0.633. The van der Waals surface area contributed by atoms with Crippen LogP contribution in [-0.4, -0.2) is 52.3 Å². The second-order valence-electron chi connectivity index (χ2n) is 10.0. The number of rotatable bonds is 4. The fourth-order valence-corrected chi connectivity index (χ4v) is 6.47. The number of nitrogens with zero attached hydrogens (tertiary/aromatic N) is 3. The molecule has 1 unspecified atom stereocenters. The molecule has 4 aromatic carbocycles. The Kier molecular flexibility index (Phi) is 4.89. The van der Waals surface area contributed by atoms with Crippen molar-refractivity contribution in [2.45, 2.75) is 30.5 Å². The molecular formula is C31H25N3O3. The number of carbonyl (C=O) groups is 3. The third kappa shape index (κ3) is 3.22. The Hall–Kier alpha value is -4.45. The van der Waals surface area contributed by atoms with E-state index in [0.717, 1.165) is 21.9 Å². The van der Waals surface area contributed by atoms with E-state index in [-0.39, 0.29) is 29.9 Å². The van der Waals surface area contributed by atoms with E-state index in [1.165, 1.54) is 4.90 Å². The zero-order valence-corrected chi connectivity index (χ0v) is 20.1. The molecule has 0 aromatic heterocycles. The quantitative estimate of drug-likeness (QED) is 0.389. The number of urea groups is 1. The molecule has 4 amide bonds. The van der Waals surface area contributed by atoms with Gasteiger partial charge in [-0.15, -0.1) is 0 Å². The summed E-state index contributed by atoms with van der Waals surface area (Å²) in [5.41, 5.74) is 2.44. The minimum Gasteiger partial charge on any atom is -0.334 e. The van der Waals surface area contributed by atoms with Crippen molar-refractivity contribution in [1.82, 2.24) is 9.80 Å². The Labute approximate surface area is 214 Å². The summed E-state index contributed by atoms with van der Waals surface area (Å²) in [6.45, 7) is 0.443. The lowest BCUT2D eigenvalue weighted by atomic mass is 9.89. The van der Waals surface area contributed by atoms with Crippen molar-refractivity contribution in [1.29, 1.82) is 0 Å². The molecule has 3 heterocycles. The molecule has 0 N–H and O–H groups in total. The molecule has 37 heavy (non-hydrogen) atoms. The molecule has 7 rings (SSSR count). The molecule has 2 bridgehead atoms. The molecule has 0 radical (unpaired) electrons.